The highest BCUT2D eigenvalue weighted by Gasteiger charge is 2.31. The Morgan fingerprint density at radius 3 is 2.23 bits per heavy atom. The van der Waals surface area contributed by atoms with Crippen molar-refractivity contribution in [2.24, 2.45) is 0 Å². The van der Waals surface area contributed by atoms with Crippen molar-refractivity contribution in [3.63, 3.8) is 0 Å². The molecule has 0 atom stereocenters. The maximum absolute atomic E-state index is 11.0. The summed E-state index contributed by atoms with van der Waals surface area (Å²) in [5, 5.41) is 49.3. The number of phenolic OH excluding ortho intramolecular Hbond substituents is 2. The molecule has 3 N–H and O–H groups in total. The first-order chi connectivity index (χ1) is 10.3. The van der Waals surface area contributed by atoms with Gasteiger partial charge >= 0.3 is 11.7 Å². The van der Waals surface area contributed by atoms with Crippen LogP contribution in [0.4, 0.5) is 11.4 Å². The van der Waals surface area contributed by atoms with Crippen molar-refractivity contribution in [2.75, 3.05) is 0 Å². The molecule has 1 rings (SSSR count). The molecule has 0 spiro atoms. The van der Waals surface area contributed by atoms with Crippen LogP contribution in [0.2, 0.25) is 0 Å². The number of hydrogen-bond donors (Lipinski definition) is 3. The molecule has 0 saturated carbocycles. The Balaban J connectivity index is 3.04. The standard InChI is InChI=1S/C12H14N2O8/c15-9-6-8(13(19)20)7(11(12(9)18)14(21)22)4-2-1-3-5-10(16)17/h6,15,18H,1-5H2,(H,16,17). The van der Waals surface area contributed by atoms with E-state index in [4.69, 9.17) is 5.11 Å². The van der Waals surface area contributed by atoms with E-state index in [-0.39, 0.29) is 24.8 Å². The Hall–Kier alpha value is -2.91. The molecule has 0 aliphatic heterocycles. The fourth-order valence-electron chi connectivity index (χ4n) is 2.03. The molecule has 0 fully saturated rings. The first-order valence-electron chi connectivity index (χ1n) is 6.34. The van der Waals surface area contributed by atoms with E-state index in [1.807, 2.05) is 0 Å². The highest BCUT2D eigenvalue weighted by molar-refractivity contribution is 5.67. The first kappa shape index (κ1) is 17.1. The third kappa shape index (κ3) is 4.04. The van der Waals surface area contributed by atoms with Gasteiger partial charge in [0.1, 0.15) is 5.56 Å². The van der Waals surface area contributed by atoms with Crippen LogP contribution in [-0.4, -0.2) is 31.1 Å². The lowest BCUT2D eigenvalue weighted by Crippen LogP contribution is -2.02. The maximum Gasteiger partial charge on any atom is 0.324 e. The van der Waals surface area contributed by atoms with Crippen molar-refractivity contribution in [1.29, 1.82) is 0 Å². The van der Waals surface area contributed by atoms with Gasteiger partial charge in [0.2, 0.25) is 5.75 Å². The molecule has 10 heteroatoms. The molecule has 0 aromatic heterocycles. The molecular weight excluding hydrogens is 300 g/mol. The van der Waals surface area contributed by atoms with Gasteiger partial charge in [-0.05, 0) is 19.3 Å². The van der Waals surface area contributed by atoms with Crippen LogP contribution >= 0.6 is 0 Å². The Morgan fingerprint density at radius 2 is 1.73 bits per heavy atom. The lowest BCUT2D eigenvalue weighted by molar-refractivity contribution is -0.396. The molecule has 0 bridgehead atoms. The average molecular weight is 314 g/mol. The lowest BCUT2D eigenvalue weighted by Gasteiger charge is -2.07. The first-order valence-corrected chi connectivity index (χ1v) is 6.34. The largest absolute Gasteiger partial charge is 0.504 e. The summed E-state index contributed by atoms with van der Waals surface area (Å²) in [4.78, 5) is 30.4. The minimum Gasteiger partial charge on any atom is -0.504 e. The quantitative estimate of drug-likeness (QED) is 0.284. The zero-order valence-corrected chi connectivity index (χ0v) is 11.4. The molecule has 1 aromatic carbocycles. The summed E-state index contributed by atoms with van der Waals surface area (Å²) in [5.41, 5.74) is -1.84. The van der Waals surface area contributed by atoms with Crippen molar-refractivity contribution in [2.45, 2.75) is 32.1 Å². The van der Waals surface area contributed by atoms with Crippen LogP contribution in [0.1, 0.15) is 31.2 Å². The average Bonchev–Trinajstić information content (AvgIpc) is 2.40. The lowest BCUT2D eigenvalue weighted by atomic mass is 10.0. The molecule has 0 unspecified atom stereocenters. The molecule has 1 aromatic rings. The summed E-state index contributed by atoms with van der Waals surface area (Å²) in [7, 11) is 0. The summed E-state index contributed by atoms with van der Waals surface area (Å²) in [6.07, 6.45) is 0.869. The SMILES string of the molecule is O=C(O)CCCCCc1c([N+](=O)[O-])cc(O)c(O)c1[N+](=O)[O-]. The van der Waals surface area contributed by atoms with Crippen LogP contribution in [0.5, 0.6) is 11.5 Å². The van der Waals surface area contributed by atoms with Crippen LogP contribution in [0.15, 0.2) is 6.07 Å². The van der Waals surface area contributed by atoms with Gasteiger partial charge in [-0.3, -0.25) is 25.0 Å². The minimum absolute atomic E-state index is 0.0645. The van der Waals surface area contributed by atoms with E-state index in [2.05, 4.69) is 0 Å². The fraction of sp³-hybridized carbons (Fsp3) is 0.417. The van der Waals surface area contributed by atoms with Gasteiger partial charge in [0.15, 0.2) is 5.75 Å². The summed E-state index contributed by atoms with van der Waals surface area (Å²) in [6, 6.07) is 0.662. The molecule has 0 amide bonds. The van der Waals surface area contributed by atoms with Crippen LogP contribution in [0.25, 0.3) is 0 Å². The van der Waals surface area contributed by atoms with E-state index in [1.165, 1.54) is 0 Å². The number of unbranched alkanes of at least 4 members (excludes halogenated alkanes) is 2. The van der Waals surface area contributed by atoms with E-state index in [0.29, 0.717) is 18.9 Å². The molecule has 0 saturated heterocycles. The van der Waals surface area contributed by atoms with Crippen LogP contribution in [-0.2, 0) is 11.2 Å². The molecule has 22 heavy (non-hydrogen) atoms. The maximum atomic E-state index is 11.0. The van der Waals surface area contributed by atoms with Gasteiger partial charge in [-0.2, -0.15) is 0 Å². The summed E-state index contributed by atoms with van der Waals surface area (Å²) >= 11 is 0. The number of carbonyl (C=O) groups is 1. The molecule has 0 heterocycles. The number of nitrogens with zero attached hydrogens (tertiary/aromatic N) is 2. The van der Waals surface area contributed by atoms with E-state index < -0.39 is 38.7 Å². The molecule has 120 valence electrons. The molecule has 10 nitrogen and oxygen atoms in total. The highest BCUT2D eigenvalue weighted by Crippen LogP contribution is 2.43. The molecule has 0 aliphatic rings. The van der Waals surface area contributed by atoms with Gasteiger partial charge in [-0.1, -0.05) is 6.42 Å². The van der Waals surface area contributed by atoms with Crippen molar-refractivity contribution in [1.82, 2.24) is 0 Å². The number of aliphatic carboxylic acids is 1. The van der Waals surface area contributed by atoms with E-state index in [0.717, 1.165) is 0 Å². The third-order valence-electron chi connectivity index (χ3n) is 3.03. The number of rotatable bonds is 8. The Morgan fingerprint density at radius 1 is 1.09 bits per heavy atom. The number of nitro benzene ring substituents is 2. The normalized spacial score (nSPS) is 10.4. The van der Waals surface area contributed by atoms with E-state index >= 15 is 0 Å². The summed E-state index contributed by atoms with van der Waals surface area (Å²) in [6.45, 7) is 0. The van der Waals surface area contributed by atoms with Crippen LogP contribution < -0.4 is 0 Å². The topological polar surface area (TPSA) is 164 Å². The summed E-state index contributed by atoms with van der Waals surface area (Å²) in [5.74, 6) is -2.93. The number of nitro groups is 2. The number of hydrogen-bond acceptors (Lipinski definition) is 7. The van der Waals surface area contributed by atoms with Crippen molar-refractivity contribution >= 4 is 17.3 Å². The van der Waals surface area contributed by atoms with E-state index in [9.17, 15) is 35.2 Å². The Kier molecular flexibility index (Phi) is 5.61. The highest BCUT2D eigenvalue weighted by atomic mass is 16.6. The van der Waals surface area contributed by atoms with Crippen molar-refractivity contribution in [3.05, 3.63) is 31.9 Å². The van der Waals surface area contributed by atoms with Gasteiger partial charge in [-0.25, -0.2) is 0 Å². The van der Waals surface area contributed by atoms with Gasteiger partial charge in [0.25, 0.3) is 5.69 Å². The zero-order valence-electron chi connectivity index (χ0n) is 11.4. The van der Waals surface area contributed by atoms with Gasteiger partial charge in [0.05, 0.1) is 15.9 Å². The molecule has 0 radical (unpaired) electrons. The second kappa shape index (κ2) is 7.20. The minimum atomic E-state index is -1.02. The number of benzene rings is 1. The number of carboxylic acids is 1. The van der Waals surface area contributed by atoms with Gasteiger partial charge in [0, 0.05) is 6.42 Å². The predicted octanol–water partition coefficient (Wildman–Crippen LogP) is 2.10. The second-order valence-corrected chi connectivity index (χ2v) is 4.56. The smallest absolute Gasteiger partial charge is 0.324 e. The van der Waals surface area contributed by atoms with Crippen molar-refractivity contribution < 1.29 is 30.0 Å². The van der Waals surface area contributed by atoms with E-state index in [1.54, 1.807) is 0 Å². The van der Waals surface area contributed by atoms with Crippen LogP contribution in [0.3, 0.4) is 0 Å². The predicted molar refractivity (Wildman–Crippen MR) is 72.9 cm³/mol. The van der Waals surface area contributed by atoms with Crippen LogP contribution in [0, 0.1) is 20.2 Å². The van der Waals surface area contributed by atoms with Gasteiger partial charge < -0.3 is 15.3 Å². The molecular formula is C12H14N2O8. The number of phenols is 2. The number of aromatic hydroxyl groups is 2. The monoisotopic (exact) mass is 314 g/mol. The van der Waals surface area contributed by atoms with Gasteiger partial charge in [-0.15, -0.1) is 0 Å². The fourth-order valence-corrected chi connectivity index (χ4v) is 2.03. The third-order valence-corrected chi connectivity index (χ3v) is 3.03. The zero-order chi connectivity index (χ0) is 16.9. The van der Waals surface area contributed by atoms with Crippen molar-refractivity contribution in [3.8, 4) is 11.5 Å². The Bertz CT molecular complexity index is 614. The molecule has 0 aliphatic carbocycles. The Labute approximate surface area is 123 Å². The number of carboxylic acid groups (broad SMARTS) is 1. The summed E-state index contributed by atoms with van der Waals surface area (Å²) < 4.78 is 0. The second-order valence-electron chi connectivity index (χ2n) is 4.56.